The van der Waals surface area contributed by atoms with Crippen LogP contribution in [0.15, 0.2) is 29.3 Å². The molecule has 0 bridgehead atoms. The maximum atomic E-state index is 11.1. The number of nitrogens with one attached hydrogen (secondary N) is 2. The number of aliphatic imine (C=N–C) groups is 1. The van der Waals surface area contributed by atoms with E-state index in [1.807, 2.05) is 19.1 Å². The minimum Gasteiger partial charge on any atom is -0.381 e. The Hall–Kier alpha value is -2.08. The lowest BCUT2D eigenvalue weighted by Crippen LogP contribution is -2.38. The molecule has 0 aromatic heterocycles. The number of hydrogen-bond acceptors (Lipinski definition) is 3. The topological polar surface area (TPSA) is 88.7 Å². The molecule has 0 fully saturated rings. The molecular formula is C18H30N4O2. The lowest BCUT2D eigenvalue weighted by atomic mass is 10.1. The number of rotatable bonds is 10. The lowest BCUT2D eigenvalue weighted by molar-refractivity contribution is 0.1000. The Morgan fingerprint density at radius 3 is 2.54 bits per heavy atom. The van der Waals surface area contributed by atoms with E-state index in [0.29, 0.717) is 18.0 Å². The van der Waals surface area contributed by atoms with E-state index in [1.54, 1.807) is 12.1 Å². The minimum absolute atomic E-state index is 0.417. The van der Waals surface area contributed by atoms with Gasteiger partial charge < -0.3 is 21.1 Å². The van der Waals surface area contributed by atoms with Crippen molar-refractivity contribution < 1.29 is 9.53 Å². The molecule has 24 heavy (non-hydrogen) atoms. The van der Waals surface area contributed by atoms with Crippen molar-refractivity contribution in [1.29, 1.82) is 0 Å². The molecule has 6 nitrogen and oxygen atoms in total. The van der Waals surface area contributed by atoms with E-state index in [4.69, 9.17) is 10.5 Å². The van der Waals surface area contributed by atoms with Crippen LogP contribution in [0, 0.1) is 5.92 Å². The highest BCUT2D eigenvalue weighted by molar-refractivity contribution is 5.92. The van der Waals surface area contributed by atoms with E-state index < -0.39 is 5.91 Å². The summed E-state index contributed by atoms with van der Waals surface area (Å²) in [4.78, 5) is 15.6. The molecular weight excluding hydrogens is 304 g/mol. The average Bonchev–Trinajstić information content (AvgIpc) is 2.55. The second kappa shape index (κ2) is 11.5. The minimum atomic E-state index is -0.417. The smallest absolute Gasteiger partial charge is 0.248 e. The number of hydrogen-bond donors (Lipinski definition) is 3. The zero-order valence-electron chi connectivity index (χ0n) is 15.0. The fraction of sp³-hybridized carbons (Fsp3) is 0.556. The third-order valence-corrected chi connectivity index (χ3v) is 3.21. The Morgan fingerprint density at radius 2 is 1.96 bits per heavy atom. The van der Waals surface area contributed by atoms with Gasteiger partial charge in [-0.2, -0.15) is 0 Å². The molecule has 0 unspecified atom stereocenters. The molecule has 0 aliphatic carbocycles. The Balaban J connectivity index is 2.40. The van der Waals surface area contributed by atoms with E-state index in [0.717, 1.165) is 44.2 Å². The number of nitrogens with two attached hydrogens (primary N) is 1. The first-order valence-corrected chi connectivity index (χ1v) is 8.51. The van der Waals surface area contributed by atoms with Crippen LogP contribution in [0.4, 0.5) is 0 Å². The second-order valence-corrected chi connectivity index (χ2v) is 6.01. The number of benzene rings is 1. The molecule has 0 aliphatic heterocycles. The number of primary amides is 1. The lowest BCUT2D eigenvalue weighted by Gasteiger charge is -2.12. The molecule has 0 spiro atoms. The van der Waals surface area contributed by atoms with Crippen molar-refractivity contribution in [2.24, 2.45) is 16.6 Å². The zero-order valence-corrected chi connectivity index (χ0v) is 15.0. The van der Waals surface area contributed by atoms with Crippen molar-refractivity contribution in [2.45, 2.75) is 33.7 Å². The largest absolute Gasteiger partial charge is 0.381 e. The molecule has 0 saturated carbocycles. The predicted molar refractivity (Wildman–Crippen MR) is 98.1 cm³/mol. The summed E-state index contributed by atoms with van der Waals surface area (Å²) >= 11 is 0. The maximum absolute atomic E-state index is 11.1. The van der Waals surface area contributed by atoms with Crippen LogP contribution in [0.5, 0.6) is 0 Å². The number of guanidine groups is 1. The molecule has 4 N–H and O–H groups in total. The SMILES string of the molecule is CCNC(=NCc1ccc(C(N)=O)cc1)NCCCOCC(C)C. The van der Waals surface area contributed by atoms with Crippen molar-refractivity contribution in [3.8, 4) is 0 Å². The highest BCUT2D eigenvalue weighted by Crippen LogP contribution is 2.05. The van der Waals surface area contributed by atoms with Crippen molar-refractivity contribution in [1.82, 2.24) is 10.6 Å². The second-order valence-electron chi connectivity index (χ2n) is 6.01. The summed E-state index contributed by atoms with van der Waals surface area (Å²) in [6.45, 7) is 10.0. The summed E-state index contributed by atoms with van der Waals surface area (Å²) in [6, 6.07) is 7.18. The van der Waals surface area contributed by atoms with Gasteiger partial charge in [-0.25, -0.2) is 4.99 Å². The molecule has 134 valence electrons. The normalized spacial score (nSPS) is 11.6. The third-order valence-electron chi connectivity index (χ3n) is 3.21. The molecule has 6 heteroatoms. The van der Waals surface area contributed by atoms with E-state index in [9.17, 15) is 4.79 Å². The van der Waals surface area contributed by atoms with Crippen LogP contribution in [0.1, 0.15) is 43.1 Å². The molecule has 0 heterocycles. The van der Waals surface area contributed by atoms with E-state index in [1.165, 1.54) is 0 Å². The van der Waals surface area contributed by atoms with Gasteiger partial charge in [0.05, 0.1) is 6.54 Å². The van der Waals surface area contributed by atoms with E-state index >= 15 is 0 Å². The van der Waals surface area contributed by atoms with Crippen molar-refractivity contribution in [3.63, 3.8) is 0 Å². The van der Waals surface area contributed by atoms with Crippen LogP contribution in [0.3, 0.4) is 0 Å². The predicted octanol–water partition coefficient (Wildman–Crippen LogP) is 1.90. The summed E-state index contributed by atoms with van der Waals surface area (Å²) < 4.78 is 5.56. The van der Waals surface area contributed by atoms with Gasteiger partial charge in [-0.3, -0.25) is 4.79 Å². The van der Waals surface area contributed by atoms with Gasteiger partial charge >= 0.3 is 0 Å². The number of carbonyl (C=O) groups excluding carboxylic acids is 1. The summed E-state index contributed by atoms with van der Waals surface area (Å²) in [5.41, 5.74) is 6.77. The zero-order chi connectivity index (χ0) is 17.8. The molecule has 0 radical (unpaired) electrons. The monoisotopic (exact) mass is 334 g/mol. The van der Waals surface area contributed by atoms with Crippen LogP contribution >= 0.6 is 0 Å². The molecule has 1 rings (SSSR count). The van der Waals surface area contributed by atoms with Gasteiger partial charge in [0, 0.05) is 31.9 Å². The van der Waals surface area contributed by atoms with Crippen LogP contribution in [0.2, 0.25) is 0 Å². The van der Waals surface area contributed by atoms with Crippen LogP contribution in [-0.2, 0) is 11.3 Å². The highest BCUT2D eigenvalue weighted by Gasteiger charge is 2.01. The van der Waals surface area contributed by atoms with Gasteiger partial charge in [0.15, 0.2) is 5.96 Å². The third kappa shape index (κ3) is 8.53. The van der Waals surface area contributed by atoms with Gasteiger partial charge in [0.25, 0.3) is 0 Å². The van der Waals surface area contributed by atoms with E-state index in [-0.39, 0.29) is 0 Å². The maximum Gasteiger partial charge on any atom is 0.248 e. The van der Waals surface area contributed by atoms with Gasteiger partial charge in [-0.05, 0) is 37.0 Å². The van der Waals surface area contributed by atoms with Crippen molar-refractivity contribution in [2.75, 3.05) is 26.3 Å². The number of amides is 1. The molecule has 1 aromatic rings. The average molecular weight is 334 g/mol. The first-order chi connectivity index (χ1) is 11.5. The Labute approximate surface area is 144 Å². The van der Waals surface area contributed by atoms with Gasteiger partial charge in [0.1, 0.15) is 0 Å². The standard InChI is InChI=1S/C18H30N4O2/c1-4-20-18(21-10-5-11-24-13-14(2)3)22-12-15-6-8-16(9-7-15)17(19)23/h6-9,14H,4-5,10-13H2,1-3H3,(H2,19,23)(H2,20,21,22). The van der Waals surface area contributed by atoms with E-state index in [2.05, 4.69) is 29.5 Å². The summed E-state index contributed by atoms with van der Waals surface area (Å²) in [5, 5.41) is 6.51. The van der Waals surface area contributed by atoms with Crippen LogP contribution in [-0.4, -0.2) is 38.2 Å². The quantitative estimate of drug-likeness (QED) is 0.346. The molecule has 1 amide bonds. The summed E-state index contributed by atoms with van der Waals surface area (Å²) in [7, 11) is 0. The van der Waals surface area contributed by atoms with Crippen LogP contribution in [0.25, 0.3) is 0 Å². The molecule has 0 atom stereocenters. The highest BCUT2D eigenvalue weighted by atomic mass is 16.5. The number of carbonyl (C=O) groups is 1. The Morgan fingerprint density at radius 1 is 1.25 bits per heavy atom. The fourth-order valence-electron chi connectivity index (χ4n) is 1.99. The van der Waals surface area contributed by atoms with Gasteiger partial charge in [-0.15, -0.1) is 0 Å². The van der Waals surface area contributed by atoms with Crippen molar-refractivity contribution in [3.05, 3.63) is 35.4 Å². The van der Waals surface area contributed by atoms with Crippen molar-refractivity contribution >= 4 is 11.9 Å². The fourth-order valence-corrected chi connectivity index (χ4v) is 1.99. The van der Waals surface area contributed by atoms with Crippen LogP contribution < -0.4 is 16.4 Å². The summed E-state index contributed by atoms with van der Waals surface area (Å²) in [5.74, 6) is 0.929. The first kappa shape index (κ1) is 20.0. The van der Waals surface area contributed by atoms with Gasteiger partial charge in [0.2, 0.25) is 5.91 Å². The molecule has 1 aromatic carbocycles. The Bertz CT molecular complexity index is 512. The number of nitrogens with zero attached hydrogens (tertiary/aromatic N) is 1. The summed E-state index contributed by atoms with van der Waals surface area (Å²) in [6.07, 6.45) is 0.935. The Kier molecular flexibility index (Phi) is 9.53. The molecule has 0 aliphatic rings. The van der Waals surface area contributed by atoms with Gasteiger partial charge in [-0.1, -0.05) is 26.0 Å². The number of ether oxygens (including phenoxy) is 1. The first-order valence-electron chi connectivity index (χ1n) is 8.51. The molecule has 0 saturated heterocycles.